The van der Waals surface area contributed by atoms with E-state index >= 15 is 0 Å². The molecule has 1 aliphatic rings. The maximum Gasteiger partial charge on any atom is 0.416 e. The van der Waals surface area contributed by atoms with E-state index in [1.807, 2.05) is 16.7 Å². The number of nitrogens with zero attached hydrogens (tertiary/aromatic N) is 1. The molecule has 2 rings (SSSR count). The summed E-state index contributed by atoms with van der Waals surface area (Å²) in [6, 6.07) is 4.35. The van der Waals surface area contributed by atoms with Gasteiger partial charge in [-0.15, -0.1) is 0 Å². The molecule has 0 aromatic heterocycles. The molecule has 1 fully saturated rings. The van der Waals surface area contributed by atoms with Gasteiger partial charge in [-0.05, 0) is 31.0 Å². The molecule has 2 nitrogen and oxygen atoms in total. The molecular weight excluding hydrogens is 297 g/mol. The van der Waals surface area contributed by atoms with Gasteiger partial charge in [0.05, 0.1) is 5.56 Å². The standard InChI is InChI=1S/C15H21F3N2S/c1-10(19)7-12-3-4-13(8-14(12)15(16,17)18)20-5-6-21-11(2)9-20/h3-4,8,10-11H,5-7,9,19H2,1-2H3. The molecule has 0 bridgehead atoms. The Hall–Kier alpha value is -0.880. The van der Waals surface area contributed by atoms with E-state index in [4.69, 9.17) is 5.73 Å². The molecule has 0 radical (unpaired) electrons. The van der Waals surface area contributed by atoms with E-state index in [-0.39, 0.29) is 18.0 Å². The predicted octanol–water partition coefficient (Wildman–Crippen LogP) is 3.54. The molecule has 0 spiro atoms. The van der Waals surface area contributed by atoms with Gasteiger partial charge >= 0.3 is 6.18 Å². The van der Waals surface area contributed by atoms with E-state index in [2.05, 4.69) is 6.92 Å². The Bertz CT molecular complexity index is 488. The van der Waals surface area contributed by atoms with Crippen molar-refractivity contribution in [3.63, 3.8) is 0 Å². The molecule has 1 aliphatic heterocycles. The lowest BCUT2D eigenvalue weighted by Crippen LogP contribution is -2.36. The highest BCUT2D eigenvalue weighted by molar-refractivity contribution is 8.00. The monoisotopic (exact) mass is 318 g/mol. The number of hydrogen-bond donors (Lipinski definition) is 1. The fourth-order valence-corrected chi connectivity index (χ4v) is 3.62. The van der Waals surface area contributed by atoms with Crippen LogP contribution in [-0.4, -0.2) is 30.1 Å². The zero-order valence-corrected chi connectivity index (χ0v) is 13.1. The van der Waals surface area contributed by atoms with Gasteiger partial charge < -0.3 is 10.6 Å². The van der Waals surface area contributed by atoms with E-state index in [9.17, 15) is 13.2 Å². The van der Waals surface area contributed by atoms with Crippen molar-refractivity contribution in [3.05, 3.63) is 29.3 Å². The third kappa shape index (κ3) is 4.30. The van der Waals surface area contributed by atoms with Gasteiger partial charge in [0.1, 0.15) is 0 Å². The molecule has 0 aliphatic carbocycles. The van der Waals surface area contributed by atoms with Crippen LogP contribution in [0.5, 0.6) is 0 Å². The van der Waals surface area contributed by atoms with Crippen LogP contribution in [0.25, 0.3) is 0 Å². The summed E-state index contributed by atoms with van der Waals surface area (Å²) >= 11 is 1.86. The van der Waals surface area contributed by atoms with E-state index in [1.54, 1.807) is 19.1 Å². The number of halogens is 3. The van der Waals surface area contributed by atoms with Gasteiger partial charge in [0.2, 0.25) is 0 Å². The Morgan fingerprint density at radius 2 is 2.14 bits per heavy atom. The van der Waals surface area contributed by atoms with Crippen LogP contribution in [0.2, 0.25) is 0 Å². The highest BCUT2D eigenvalue weighted by Gasteiger charge is 2.34. The number of hydrogen-bond acceptors (Lipinski definition) is 3. The van der Waals surface area contributed by atoms with Crippen LogP contribution in [0.4, 0.5) is 18.9 Å². The van der Waals surface area contributed by atoms with Crippen molar-refractivity contribution in [2.24, 2.45) is 5.73 Å². The van der Waals surface area contributed by atoms with E-state index in [0.717, 1.165) is 18.8 Å². The van der Waals surface area contributed by atoms with Crippen LogP contribution in [0.1, 0.15) is 25.0 Å². The summed E-state index contributed by atoms with van der Waals surface area (Å²) in [4.78, 5) is 2.03. The first kappa shape index (κ1) is 16.5. The van der Waals surface area contributed by atoms with Gasteiger partial charge in [0.15, 0.2) is 0 Å². The molecule has 21 heavy (non-hydrogen) atoms. The van der Waals surface area contributed by atoms with Gasteiger partial charge in [0.25, 0.3) is 0 Å². The molecule has 0 saturated carbocycles. The predicted molar refractivity (Wildman–Crippen MR) is 82.9 cm³/mol. The number of rotatable bonds is 3. The van der Waals surface area contributed by atoms with Gasteiger partial charge in [-0.1, -0.05) is 13.0 Å². The molecule has 2 atom stereocenters. The molecule has 1 aromatic carbocycles. The maximum atomic E-state index is 13.3. The van der Waals surface area contributed by atoms with Crippen LogP contribution < -0.4 is 10.6 Å². The number of anilines is 1. The van der Waals surface area contributed by atoms with Crippen LogP contribution in [0, 0.1) is 0 Å². The van der Waals surface area contributed by atoms with Gasteiger partial charge in [0, 0.05) is 35.8 Å². The van der Waals surface area contributed by atoms with Gasteiger partial charge in [-0.2, -0.15) is 24.9 Å². The van der Waals surface area contributed by atoms with Crippen LogP contribution in [-0.2, 0) is 12.6 Å². The minimum absolute atomic E-state index is 0.237. The van der Waals surface area contributed by atoms with Crippen molar-refractivity contribution in [1.29, 1.82) is 0 Å². The smallest absolute Gasteiger partial charge is 0.370 e. The van der Waals surface area contributed by atoms with Crippen LogP contribution in [0.3, 0.4) is 0 Å². The summed E-state index contributed by atoms with van der Waals surface area (Å²) < 4.78 is 39.8. The van der Waals surface area contributed by atoms with Crippen molar-refractivity contribution < 1.29 is 13.2 Å². The Balaban J connectivity index is 2.32. The van der Waals surface area contributed by atoms with Gasteiger partial charge in [-0.3, -0.25) is 0 Å². The molecule has 2 unspecified atom stereocenters. The topological polar surface area (TPSA) is 29.3 Å². The Kier molecular flexibility index (Phi) is 5.09. The maximum absolute atomic E-state index is 13.3. The SMILES string of the molecule is CC(N)Cc1ccc(N2CCSC(C)C2)cc1C(F)(F)F. The summed E-state index contributed by atoms with van der Waals surface area (Å²) in [5.41, 5.74) is 6.04. The molecule has 1 heterocycles. The summed E-state index contributed by atoms with van der Waals surface area (Å²) in [6.45, 7) is 5.40. The molecule has 2 N–H and O–H groups in total. The lowest BCUT2D eigenvalue weighted by atomic mass is 9.99. The Labute approximate surface area is 127 Å². The summed E-state index contributed by atoms with van der Waals surface area (Å²) in [5, 5.41) is 0.442. The van der Waals surface area contributed by atoms with Crippen molar-refractivity contribution in [3.8, 4) is 0 Å². The molecule has 118 valence electrons. The van der Waals surface area contributed by atoms with Crippen LogP contribution >= 0.6 is 11.8 Å². The first-order valence-electron chi connectivity index (χ1n) is 7.09. The van der Waals surface area contributed by atoms with E-state index < -0.39 is 11.7 Å². The molecule has 1 saturated heterocycles. The number of alkyl halides is 3. The highest BCUT2D eigenvalue weighted by Crippen LogP contribution is 2.36. The number of benzene rings is 1. The molecule has 6 heteroatoms. The fourth-order valence-electron chi connectivity index (χ4n) is 2.60. The second kappa shape index (κ2) is 6.48. The van der Waals surface area contributed by atoms with Gasteiger partial charge in [-0.25, -0.2) is 0 Å². The zero-order chi connectivity index (χ0) is 15.6. The molecule has 1 aromatic rings. The van der Waals surface area contributed by atoms with Crippen molar-refractivity contribution in [1.82, 2.24) is 0 Å². The second-order valence-corrected chi connectivity index (χ2v) is 7.19. The number of thioether (sulfide) groups is 1. The average Bonchev–Trinajstić information content (AvgIpc) is 2.37. The largest absolute Gasteiger partial charge is 0.416 e. The average molecular weight is 318 g/mol. The third-order valence-electron chi connectivity index (χ3n) is 3.55. The normalized spacial score (nSPS) is 21.4. The highest BCUT2D eigenvalue weighted by atomic mass is 32.2. The summed E-state index contributed by atoms with van der Waals surface area (Å²) in [7, 11) is 0. The first-order chi connectivity index (χ1) is 9.77. The quantitative estimate of drug-likeness (QED) is 0.924. The summed E-state index contributed by atoms with van der Waals surface area (Å²) in [6.07, 6.45) is -4.10. The number of nitrogens with two attached hydrogens (primary N) is 1. The fraction of sp³-hybridized carbons (Fsp3) is 0.600. The zero-order valence-electron chi connectivity index (χ0n) is 12.3. The second-order valence-electron chi connectivity index (χ2n) is 5.65. The molecular formula is C15H21F3N2S. The minimum Gasteiger partial charge on any atom is -0.370 e. The van der Waals surface area contributed by atoms with Crippen molar-refractivity contribution in [2.45, 2.75) is 37.7 Å². The summed E-state index contributed by atoms with van der Waals surface area (Å²) in [5.74, 6) is 0.949. The lowest BCUT2D eigenvalue weighted by Gasteiger charge is -2.33. The van der Waals surface area contributed by atoms with Crippen molar-refractivity contribution in [2.75, 3.05) is 23.7 Å². The van der Waals surface area contributed by atoms with Crippen LogP contribution in [0.15, 0.2) is 18.2 Å². The van der Waals surface area contributed by atoms with Crippen molar-refractivity contribution >= 4 is 17.4 Å². The van der Waals surface area contributed by atoms with E-state index in [0.29, 0.717) is 10.9 Å². The Morgan fingerprint density at radius 1 is 1.43 bits per heavy atom. The third-order valence-corrected chi connectivity index (χ3v) is 4.68. The Morgan fingerprint density at radius 3 is 2.71 bits per heavy atom. The molecule has 0 amide bonds. The minimum atomic E-state index is -4.34. The van der Waals surface area contributed by atoms with E-state index in [1.165, 1.54) is 6.07 Å². The lowest BCUT2D eigenvalue weighted by molar-refractivity contribution is -0.138. The first-order valence-corrected chi connectivity index (χ1v) is 8.14.